The van der Waals surface area contributed by atoms with E-state index in [1.54, 1.807) is 12.1 Å². The Hall–Kier alpha value is -1.82. The molecule has 1 aliphatic heterocycles. The fourth-order valence-electron chi connectivity index (χ4n) is 2.35. The summed E-state index contributed by atoms with van der Waals surface area (Å²) in [6.07, 6.45) is 3.65. The van der Waals surface area contributed by atoms with Gasteiger partial charge in [0.1, 0.15) is 5.82 Å². The maximum atomic E-state index is 11.4. The van der Waals surface area contributed by atoms with Gasteiger partial charge < -0.3 is 20.7 Å². The number of nitrogens with zero attached hydrogens (tertiary/aromatic N) is 2. The van der Waals surface area contributed by atoms with Gasteiger partial charge >= 0.3 is 5.97 Å². The zero-order valence-electron chi connectivity index (χ0n) is 11.9. The minimum Gasteiger partial charge on any atom is -0.464 e. The molecule has 110 valence electrons. The molecule has 6 nitrogen and oxygen atoms in total. The van der Waals surface area contributed by atoms with Crippen molar-refractivity contribution in [2.45, 2.75) is 19.3 Å². The summed E-state index contributed by atoms with van der Waals surface area (Å²) in [7, 11) is 1.34. The first kappa shape index (κ1) is 14.6. The van der Waals surface area contributed by atoms with Gasteiger partial charge in [-0.2, -0.15) is 0 Å². The molecule has 1 saturated heterocycles. The largest absolute Gasteiger partial charge is 0.464 e. The summed E-state index contributed by atoms with van der Waals surface area (Å²) >= 11 is 0. The monoisotopic (exact) mass is 278 g/mol. The molecule has 0 atom stereocenters. The van der Waals surface area contributed by atoms with Crippen LogP contribution >= 0.6 is 0 Å². The number of carbonyl (C=O) groups is 1. The van der Waals surface area contributed by atoms with Gasteiger partial charge in [-0.05, 0) is 51.0 Å². The minimum absolute atomic E-state index is 0.267. The Bertz CT molecular complexity index is 458. The third-order valence-electron chi connectivity index (χ3n) is 3.46. The van der Waals surface area contributed by atoms with Crippen LogP contribution in [0.3, 0.4) is 0 Å². The number of pyridine rings is 1. The number of nitrogens with two attached hydrogens (primary N) is 1. The van der Waals surface area contributed by atoms with E-state index in [-0.39, 0.29) is 5.69 Å². The summed E-state index contributed by atoms with van der Waals surface area (Å²) in [5.41, 5.74) is 6.66. The zero-order chi connectivity index (χ0) is 14.4. The van der Waals surface area contributed by atoms with E-state index in [1.165, 1.54) is 33.0 Å². The lowest BCUT2D eigenvalue weighted by atomic mass is 10.3. The molecule has 0 radical (unpaired) electrons. The second-order valence-electron chi connectivity index (χ2n) is 4.95. The molecule has 1 aliphatic rings. The van der Waals surface area contributed by atoms with E-state index < -0.39 is 5.97 Å². The van der Waals surface area contributed by atoms with Crippen LogP contribution < -0.4 is 11.1 Å². The van der Waals surface area contributed by atoms with Gasteiger partial charge in [0.15, 0.2) is 5.69 Å². The topological polar surface area (TPSA) is 80.5 Å². The Kier molecular flexibility index (Phi) is 5.17. The lowest BCUT2D eigenvalue weighted by Gasteiger charge is -2.15. The molecule has 0 saturated carbocycles. The highest BCUT2D eigenvalue weighted by Crippen LogP contribution is 2.16. The van der Waals surface area contributed by atoms with Crippen LogP contribution in [0.4, 0.5) is 11.5 Å². The second kappa shape index (κ2) is 7.09. The molecule has 0 aliphatic carbocycles. The van der Waals surface area contributed by atoms with Crippen LogP contribution in [0.2, 0.25) is 0 Å². The van der Waals surface area contributed by atoms with Crippen molar-refractivity contribution >= 4 is 17.5 Å². The van der Waals surface area contributed by atoms with Crippen LogP contribution in [-0.2, 0) is 4.74 Å². The van der Waals surface area contributed by atoms with E-state index in [0.29, 0.717) is 11.5 Å². The fourth-order valence-corrected chi connectivity index (χ4v) is 2.35. The Morgan fingerprint density at radius 3 is 2.90 bits per heavy atom. The fraction of sp³-hybridized carbons (Fsp3) is 0.571. The Morgan fingerprint density at radius 2 is 2.20 bits per heavy atom. The quantitative estimate of drug-likeness (QED) is 0.604. The first-order valence-electron chi connectivity index (χ1n) is 7.02. The summed E-state index contributed by atoms with van der Waals surface area (Å²) in [6, 6.07) is 3.23. The van der Waals surface area contributed by atoms with Crippen molar-refractivity contribution in [3.05, 3.63) is 17.8 Å². The van der Waals surface area contributed by atoms with Crippen molar-refractivity contribution in [3.8, 4) is 0 Å². The van der Waals surface area contributed by atoms with Crippen molar-refractivity contribution < 1.29 is 9.53 Å². The van der Waals surface area contributed by atoms with Crippen molar-refractivity contribution in [1.29, 1.82) is 0 Å². The van der Waals surface area contributed by atoms with E-state index in [0.717, 1.165) is 19.5 Å². The number of methoxy groups -OCH3 is 1. The Labute approximate surface area is 119 Å². The van der Waals surface area contributed by atoms with Crippen LogP contribution in [0.1, 0.15) is 29.8 Å². The molecule has 1 aromatic rings. The van der Waals surface area contributed by atoms with E-state index in [2.05, 4.69) is 19.9 Å². The standard InChI is InChI=1S/C14H22N4O2/c1-20-14(19)12-6-5-11(15)13(17-12)16-7-4-10-18-8-2-3-9-18/h5-6H,2-4,7-10,15H2,1H3,(H,16,17). The smallest absolute Gasteiger partial charge is 0.356 e. The van der Waals surface area contributed by atoms with E-state index in [4.69, 9.17) is 5.73 Å². The van der Waals surface area contributed by atoms with Gasteiger partial charge in [0.2, 0.25) is 0 Å². The number of aromatic nitrogens is 1. The number of ether oxygens (including phenoxy) is 1. The van der Waals surface area contributed by atoms with Gasteiger partial charge in [-0.3, -0.25) is 0 Å². The molecule has 0 amide bonds. The molecular formula is C14H22N4O2. The molecule has 0 unspecified atom stereocenters. The molecule has 1 aromatic heterocycles. The van der Waals surface area contributed by atoms with E-state index in [1.807, 2.05) is 0 Å². The number of esters is 1. The highest BCUT2D eigenvalue weighted by molar-refractivity contribution is 5.88. The molecule has 0 spiro atoms. The van der Waals surface area contributed by atoms with Crippen molar-refractivity contribution in [1.82, 2.24) is 9.88 Å². The number of nitrogens with one attached hydrogen (secondary N) is 1. The first-order valence-corrected chi connectivity index (χ1v) is 7.02. The third-order valence-corrected chi connectivity index (χ3v) is 3.46. The number of anilines is 2. The second-order valence-corrected chi connectivity index (χ2v) is 4.95. The Balaban J connectivity index is 1.83. The van der Waals surface area contributed by atoms with Crippen LogP contribution in [0.15, 0.2) is 12.1 Å². The number of rotatable bonds is 6. The van der Waals surface area contributed by atoms with Crippen LogP contribution in [0.5, 0.6) is 0 Å². The summed E-state index contributed by atoms with van der Waals surface area (Å²) in [5.74, 6) is 0.0967. The van der Waals surface area contributed by atoms with Gasteiger partial charge in [0.25, 0.3) is 0 Å². The summed E-state index contributed by atoms with van der Waals surface area (Å²) in [6.45, 7) is 4.29. The maximum Gasteiger partial charge on any atom is 0.356 e. The number of likely N-dealkylation sites (tertiary alicyclic amines) is 1. The van der Waals surface area contributed by atoms with Crippen LogP contribution in [0.25, 0.3) is 0 Å². The molecule has 6 heteroatoms. The normalized spacial score (nSPS) is 15.2. The highest BCUT2D eigenvalue weighted by atomic mass is 16.5. The van der Waals surface area contributed by atoms with Gasteiger partial charge in [0.05, 0.1) is 12.8 Å². The predicted molar refractivity (Wildman–Crippen MR) is 78.8 cm³/mol. The van der Waals surface area contributed by atoms with Gasteiger partial charge in [0, 0.05) is 6.54 Å². The SMILES string of the molecule is COC(=O)c1ccc(N)c(NCCCN2CCCC2)n1. The summed E-state index contributed by atoms with van der Waals surface area (Å²) in [5, 5.41) is 3.19. The molecular weight excluding hydrogens is 256 g/mol. The van der Waals surface area contributed by atoms with E-state index in [9.17, 15) is 4.79 Å². The predicted octanol–water partition coefficient (Wildman–Crippen LogP) is 1.35. The number of nitrogen functional groups attached to an aromatic ring is 1. The van der Waals surface area contributed by atoms with Gasteiger partial charge in [-0.25, -0.2) is 9.78 Å². The molecule has 0 bridgehead atoms. The first-order chi connectivity index (χ1) is 9.70. The molecule has 1 fully saturated rings. The maximum absolute atomic E-state index is 11.4. The van der Waals surface area contributed by atoms with E-state index >= 15 is 0 Å². The summed E-state index contributed by atoms with van der Waals surface area (Å²) in [4.78, 5) is 18.1. The molecule has 2 rings (SSSR count). The molecule has 3 N–H and O–H groups in total. The van der Waals surface area contributed by atoms with Crippen molar-refractivity contribution in [3.63, 3.8) is 0 Å². The lowest BCUT2D eigenvalue weighted by Crippen LogP contribution is -2.22. The van der Waals surface area contributed by atoms with Gasteiger partial charge in [-0.1, -0.05) is 0 Å². The van der Waals surface area contributed by atoms with Crippen LogP contribution in [-0.4, -0.2) is 49.1 Å². The molecule has 0 aromatic carbocycles. The zero-order valence-corrected chi connectivity index (χ0v) is 11.9. The Morgan fingerprint density at radius 1 is 1.45 bits per heavy atom. The molecule has 20 heavy (non-hydrogen) atoms. The minimum atomic E-state index is -0.454. The van der Waals surface area contributed by atoms with Crippen LogP contribution in [0, 0.1) is 0 Å². The van der Waals surface area contributed by atoms with Crippen molar-refractivity contribution in [2.75, 3.05) is 44.3 Å². The molecule has 2 heterocycles. The third kappa shape index (κ3) is 3.84. The highest BCUT2D eigenvalue weighted by Gasteiger charge is 2.12. The van der Waals surface area contributed by atoms with Crippen molar-refractivity contribution in [2.24, 2.45) is 0 Å². The number of carbonyl (C=O) groups excluding carboxylic acids is 1. The average Bonchev–Trinajstić information content (AvgIpc) is 2.97. The lowest BCUT2D eigenvalue weighted by molar-refractivity contribution is 0.0594. The number of hydrogen-bond donors (Lipinski definition) is 2. The average molecular weight is 278 g/mol. The summed E-state index contributed by atoms with van der Waals surface area (Å²) < 4.78 is 4.65. The number of hydrogen-bond acceptors (Lipinski definition) is 6. The van der Waals surface area contributed by atoms with Gasteiger partial charge in [-0.15, -0.1) is 0 Å².